The molecule has 0 aliphatic carbocycles. The summed E-state index contributed by atoms with van der Waals surface area (Å²) in [5.41, 5.74) is 3.59. The Kier molecular flexibility index (Phi) is 3.90. The lowest BCUT2D eigenvalue weighted by Gasteiger charge is -2.32. The van der Waals surface area contributed by atoms with Crippen molar-refractivity contribution in [3.8, 4) is 0 Å². The summed E-state index contributed by atoms with van der Waals surface area (Å²) in [6.07, 6.45) is 0. The van der Waals surface area contributed by atoms with Crippen LogP contribution in [0.3, 0.4) is 0 Å². The van der Waals surface area contributed by atoms with Crippen LogP contribution in [0, 0.1) is 13.8 Å². The highest BCUT2D eigenvalue weighted by Crippen LogP contribution is 2.42. The van der Waals surface area contributed by atoms with Gasteiger partial charge in [0.15, 0.2) is 4.75 Å². The van der Waals surface area contributed by atoms with Crippen molar-refractivity contribution in [1.82, 2.24) is 0 Å². The average Bonchev–Trinajstić information content (AvgIpc) is 2.53. The highest BCUT2D eigenvalue weighted by Gasteiger charge is 2.45. The lowest BCUT2D eigenvalue weighted by atomic mass is 10.1. The second kappa shape index (κ2) is 5.74. The van der Waals surface area contributed by atoms with Crippen molar-refractivity contribution in [2.24, 2.45) is 0 Å². The Morgan fingerprint density at radius 3 is 2.65 bits per heavy atom. The van der Waals surface area contributed by atoms with Gasteiger partial charge in [0.25, 0.3) is 0 Å². The molecule has 2 aromatic rings. The Balaban J connectivity index is 1.90. The van der Waals surface area contributed by atoms with E-state index >= 15 is 0 Å². The van der Waals surface area contributed by atoms with Gasteiger partial charge in [-0.1, -0.05) is 36.0 Å². The maximum absolute atomic E-state index is 12.8. The smallest absolute Gasteiger partial charge is 0.250 e. The van der Waals surface area contributed by atoms with Gasteiger partial charge in [-0.05, 0) is 50.1 Å². The van der Waals surface area contributed by atoms with Gasteiger partial charge in [-0.3, -0.25) is 9.59 Å². The Morgan fingerprint density at radius 1 is 1.13 bits per heavy atom. The molecule has 0 radical (unpaired) electrons. The van der Waals surface area contributed by atoms with Crippen LogP contribution in [-0.4, -0.2) is 16.6 Å². The summed E-state index contributed by atoms with van der Waals surface area (Å²) in [7, 11) is 0. The number of hydrogen-bond acceptors (Lipinski definition) is 3. The van der Waals surface area contributed by atoms with Crippen LogP contribution >= 0.6 is 11.8 Å². The Bertz CT molecular complexity index is 803. The predicted octanol–water partition coefficient (Wildman–Crippen LogP) is 3.75. The summed E-state index contributed by atoms with van der Waals surface area (Å²) in [5, 5.41) is 5.72. The molecule has 0 spiro atoms. The number of nitrogens with one attached hydrogen (secondary N) is 2. The first-order chi connectivity index (χ1) is 10.9. The van der Waals surface area contributed by atoms with Crippen LogP contribution in [0.2, 0.25) is 0 Å². The number of rotatable bonds is 2. The normalized spacial score (nSPS) is 19.7. The lowest BCUT2D eigenvalue weighted by molar-refractivity contribution is -0.126. The first-order valence-electron chi connectivity index (χ1n) is 7.39. The molecule has 0 bridgehead atoms. The van der Waals surface area contributed by atoms with E-state index in [2.05, 4.69) is 10.6 Å². The number of carbonyl (C=O) groups excluding carboxylic acids is 2. The van der Waals surface area contributed by atoms with Gasteiger partial charge in [-0.2, -0.15) is 0 Å². The van der Waals surface area contributed by atoms with Gasteiger partial charge in [-0.15, -0.1) is 0 Å². The predicted molar refractivity (Wildman–Crippen MR) is 93.9 cm³/mol. The highest BCUT2D eigenvalue weighted by molar-refractivity contribution is 8.02. The summed E-state index contributed by atoms with van der Waals surface area (Å²) < 4.78 is -1.20. The fraction of sp³-hybridized carbons (Fsp3) is 0.222. The fourth-order valence-electron chi connectivity index (χ4n) is 2.44. The third kappa shape index (κ3) is 2.72. The Labute approximate surface area is 139 Å². The molecule has 1 heterocycles. The van der Waals surface area contributed by atoms with E-state index in [1.807, 2.05) is 56.3 Å². The van der Waals surface area contributed by atoms with Gasteiger partial charge in [0, 0.05) is 10.6 Å². The third-order valence-electron chi connectivity index (χ3n) is 4.17. The maximum atomic E-state index is 12.8. The molecule has 3 rings (SSSR count). The molecule has 1 unspecified atom stereocenters. The molecular formula is C18H18N2O2S. The first kappa shape index (κ1) is 15.6. The summed E-state index contributed by atoms with van der Waals surface area (Å²) >= 11 is 1.28. The van der Waals surface area contributed by atoms with Crippen molar-refractivity contribution in [3.05, 3.63) is 53.6 Å². The Hall–Kier alpha value is -2.27. The van der Waals surface area contributed by atoms with Crippen LogP contribution in [-0.2, 0) is 9.59 Å². The molecule has 4 nitrogen and oxygen atoms in total. The molecular weight excluding hydrogens is 308 g/mol. The zero-order chi connectivity index (χ0) is 16.6. The molecule has 1 aliphatic rings. The van der Waals surface area contributed by atoms with E-state index < -0.39 is 4.75 Å². The van der Waals surface area contributed by atoms with E-state index in [1.165, 1.54) is 11.8 Å². The molecule has 0 saturated heterocycles. The van der Waals surface area contributed by atoms with Crippen LogP contribution in [0.1, 0.15) is 18.1 Å². The maximum Gasteiger partial charge on any atom is 0.250 e. The second-order valence-electron chi connectivity index (χ2n) is 5.79. The molecule has 118 valence electrons. The second-order valence-corrected chi connectivity index (χ2v) is 7.25. The number of hydrogen-bond donors (Lipinski definition) is 2. The molecule has 0 saturated carbocycles. The van der Waals surface area contributed by atoms with Crippen molar-refractivity contribution in [1.29, 1.82) is 0 Å². The van der Waals surface area contributed by atoms with Crippen LogP contribution in [0.15, 0.2) is 47.4 Å². The van der Waals surface area contributed by atoms with Gasteiger partial charge < -0.3 is 10.6 Å². The van der Waals surface area contributed by atoms with E-state index in [0.29, 0.717) is 0 Å². The molecule has 23 heavy (non-hydrogen) atoms. The third-order valence-corrected chi connectivity index (χ3v) is 5.52. The van der Waals surface area contributed by atoms with Gasteiger partial charge >= 0.3 is 0 Å². The van der Waals surface area contributed by atoms with Crippen molar-refractivity contribution in [2.75, 3.05) is 10.6 Å². The number of benzene rings is 2. The van der Waals surface area contributed by atoms with E-state index in [4.69, 9.17) is 0 Å². The van der Waals surface area contributed by atoms with Crippen molar-refractivity contribution < 1.29 is 9.59 Å². The fourth-order valence-corrected chi connectivity index (χ4v) is 3.55. The van der Waals surface area contributed by atoms with Crippen molar-refractivity contribution in [3.63, 3.8) is 0 Å². The van der Waals surface area contributed by atoms with E-state index in [9.17, 15) is 9.59 Å². The lowest BCUT2D eigenvalue weighted by Crippen LogP contribution is -2.49. The summed E-state index contributed by atoms with van der Waals surface area (Å²) in [5.74, 6) is -0.618. The van der Waals surface area contributed by atoms with Crippen molar-refractivity contribution in [2.45, 2.75) is 30.4 Å². The number of anilines is 2. The molecule has 2 N–H and O–H groups in total. The molecule has 0 aromatic heterocycles. The molecule has 1 aliphatic heterocycles. The average molecular weight is 326 g/mol. The summed E-state index contributed by atoms with van der Waals surface area (Å²) in [6, 6.07) is 13.2. The highest BCUT2D eigenvalue weighted by atomic mass is 32.2. The van der Waals surface area contributed by atoms with E-state index in [-0.39, 0.29) is 11.8 Å². The number of carbonyl (C=O) groups is 2. The Morgan fingerprint density at radius 2 is 1.87 bits per heavy atom. The molecule has 0 fully saturated rings. The van der Waals surface area contributed by atoms with Gasteiger partial charge in [0.05, 0.1) is 5.69 Å². The molecule has 1 atom stereocenters. The van der Waals surface area contributed by atoms with E-state index in [1.54, 1.807) is 6.92 Å². The molecule has 2 aromatic carbocycles. The number of fused-ring (bicyclic) bond motifs is 1. The first-order valence-corrected chi connectivity index (χ1v) is 8.20. The van der Waals surface area contributed by atoms with Crippen LogP contribution < -0.4 is 10.6 Å². The van der Waals surface area contributed by atoms with Crippen LogP contribution in [0.4, 0.5) is 11.4 Å². The minimum atomic E-state index is -1.20. The summed E-state index contributed by atoms with van der Waals surface area (Å²) in [4.78, 5) is 26.1. The SMILES string of the molecule is Cc1cccc(NC(=O)C2(C)Sc3ccccc3NC2=O)c1C. The number of aryl methyl sites for hydroxylation is 1. The quantitative estimate of drug-likeness (QED) is 0.827. The standard InChI is InChI=1S/C18H18N2O2S/c1-11-7-6-9-13(12(11)2)19-16(21)18(3)17(22)20-14-8-4-5-10-15(14)23-18/h4-10H,1-3H3,(H,19,21)(H,20,22). The topological polar surface area (TPSA) is 58.2 Å². The molecule has 5 heteroatoms. The zero-order valence-electron chi connectivity index (χ0n) is 13.3. The number of amides is 2. The molecule has 2 amide bonds. The van der Waals surface area contributed by atoms with Gasteiger partial charge in [-0.25, -0.2) is 0 Å². The monoisotopic (exact) mass is 326 g/mol. The van der Waals surface area contributed by atoms with Crippen molar-refractivity contribution >= 4 is 35.0 Å². The van der Waals surface area contributed by atoms with E-state index in [0.717, 1.165) is 27.4 Å². The zero-order valence-corrected chi connectivity index (χ0v) is 14.1. The van der Waals surface area contributed by atoms with Gasteiger partial charge in [0.2, 0.25) is 11.8 Å². The minimum absolute atomic E-state index is 0.302. The minimum Gasteiger partial charge on any atom is -0.324 e. The van der Waals surface area contributed by atoms with Gasteiger partial charge in [0.1, 0.15) is 0 Å². The van der Waals surface area contributed by atoms with Crippen LogP contribution in [0.5, 0.6) is 0 Å². The number of para-hydroxylation sites is 1. The largest absolute Gasteiger partial charge is 0.324 e. The summed E-state index contributed by atoms with van der Waals surface area (Å²) in [6.45, 7) is 5.60. The van der Waals surface area contributed by atoms with Crippen LogP contribution in [0.25, 0.3) is 0 Å². The number of thioether (sulfide) groups is 1.